The predicted octanol–water partition coefficient (Wildman–Crippen LogP) is 2.90. The maximum absolute atomic E-state index is 13.0. The third kappa shape index (κ3) is 4.01. The molecule has 6 nitrogen and oxygen atoms in total. The zero-order valence-electron chi connectivity index (χ0n) is 16.9. The summed E-state index contributed by atoms with van der Waals surface area (Å²) in [5, 5.41) is 32.2. The van der Waals surface area contributed by atoms with Crippen molar-refractivity contribution < 1.29 is 29.6 Å². The topological polar surface area (TPSA) is 104 Å². The second-order valence-electron chi connectivity index (χ2n) is 8.69. The van der Waals surface area contributed by atoms with Crippen molar-refractivity contribution in [3.05, 3.63) is 34.3 Å². The molecule has 0 bridgehead atoms. The van der Waals surface area contributed by atoms with Crippen molar-refractivity contribution >= 4 is 11.6 Å². The van der Waals surface area contributed by atoms with Crippen LogP contribution in [-0.4, -0.2) is 44.2 Å². The molecule has 0 spiro atoms. The van der Waals surface area contributed by atoms with Crippen molar-refractivity contribution in [1.82, 2.24) is 0 Å². The van der Waals surface area contributed by atoms with Crippen LogP contribution in [0, 0.1) is 5.92 Å². The van der Waals surface area contributed by atoms with E-state index in [1.165, 1.54) is 13.8 Å². The molecule has 1 aliphatic carbocycles. The fourth-order valence-corrected chi connectivity index (χ4v) is 3.35. The van der Waals surface area contributed by atoms with Gasteiger partial charge in [-0.1, -0.05) is 25.5 Å². The Morgan fingerprint density at radius 2 is 1.96 bits per heavy atom. The molecule has 2 aliphatic rings. The standard InChI is InChI=1S/C21H30O6/c1-11(2)7-8-13-17(23)16(14(22)9-12(3)4)18(24)21(26)10-15(20(5,6)25)27-19(13)21/h7,12,15,23,25-26H,8-10H2,1-6H3/t15-,21-/m1/s1. The van der Waals surface area contributed by atoms with Gasteiger partial charge >= 0.3 is 0 Å². The highest BCUT2D eigenvalue weighted by atomic mass is 16.5. The van der Waals surface area contributed by atoms with Gasteiger partial charge in [-0.05, 0) is 40.0 Å². The number of fused-ring (bicyclic) bond motifs is 1. The number of ketones is 2. The molecule has 2 atom stereocenters. The van der Waals surface area contributed by atoms with Gasteiger partial charge in [0.15, 0.2) is 11.4 Å². The summed E-state index contributed by atoms with van der Waals surface area (Å²) in [5.41, 5.74) is -2.53. The second-order valence-corrected chi connectivity index (χ2v) is 8.69. The third-order valence-electron chi connectivity index (χ3n) is 4.89. The van der Waals surface area contributed by atoms with E-state index in [-0.39, 0.29) is 42.1 Å². The molecule has 0 aromatic heterocycles. The normalized spacial score (nSPS) is 25.7. The Balaban J connectivity index is 2.62. The average Bonchev–Trinajstić information content (AvgIpc) is 2.86. The van der Waals surface area contributed by atoms with E-state index >= 15 is 0 Å². The van der Waals surface area contributed by atoms with Gasteiger partial charge in [0.05, 0.1) is 5.60 Å². The average molecular weight is 378 g/mol. The monoisotopic (exact) mass is 378 g/mol. The molecule has 0 unspecified atom stereocenters. The zero-order valence-corrected chi connectivity index (χ0v) is 16.9. The van der Waals surface area contributed by atoms with E-state index in [0.717, 1.165) is 5.57 Å². The fraction of sp³-hybridized carbons (Fsp3) is 0.619. The van der Waals surface area contributed by atoms with Gasteiger partial charge in [-0.2, -0.15) is 0 Å². The molecular formula is C21H30O6. The highest BCUT2D eigenvalue weighted by Crippen LogP contribution is 2.47. The molecule has 1 aliphatic heterocycles. The molecule has 0 amide bonds. The molecule has 150 valence electrons. The SMILES string of the molecule is CC(C)=CCC1=C2O[C@@H](C(C)(C)O)C[C@@]2(O)C(=O)C(C(=O)CC(C)C)=C1O. The summed E-state index contributed by atoms with van der Waals surface area (Å²) in [7, 11) is 0. The van der Waals surface area contributed by atoms with Gasteiger partial charge in [-0.15, -0.1) is 0 Å². The molecular weight excluding hydrogens is 348 g/mol. The Kier molecular flexibility index (Phi) is 5.74. The first-order valence-electron chi connectivity index (χ1n) is 9.29. The number of carbonyl (C=O) groups excluding carboxylic acids is 2. The summed E-state index contributed by atoms with van der Waals surface area (Å²) in [4.78, 5) is 25.7. The minimum atomic E-state index is -2.05. The van der Waals surface area contributed by atoms with Crippen LogP contribution in [0.4, 0.5) is 0 Å². The van der Waals surface area contributed by atoms with Crippen molar-refractivity contribution in [2.24, 2.45) is 5.92 Å². The number of ether oxygens (including phenoxy) is 1. The lowest BCUT2D eigenvalue weighted by molar-refractivity contribution is -0.133. The van der Waals surface area contributed by atoms with E-state index in [0.29, 0.717) is 0 Å². The van der Waals surface area contributed by atoms with E-state index < -0.39 is 34.6 Å². The second kappa shape index (κ2) is 7.24. The van der Waals surface area contributed by atoms with E-state index in [9.17, 15) is 24.9 Å². The first-order valence-corrected chi connectivity index (χ1v) is 9.29. The van der Waals surface area contributed by atoms with Crippen LogP contribution < -0.4 is 0 Å². The van der Waals surface area contributed by atoms with Crippen LogP contribution in [0.2, 0.25) is 0 Å². The molecule has 1 fully saturated rings. The minimum absolute atomic E-state index is 0.00389. The van der Waals surface area contributed by atoms with Gasteiger partial charge in [0.2, 0.25) is 5.78 Å². The molecule has 2 rings (SSSR count). The highest BCUT2D eigenvalue weighted by molar-refractivity contribution is 6.25. The fourth-order valence-electron chi connectivity index (χ4n) is 3.35. The molecule has 1 saturated heterocycles. The Labute approximate surface area is 160 Å². The van der Waals surface area contributed by atoms with Crippen LogP contribution in [0.15, 0.2) is 34.3 Å². The Morgan fingerprint density at radius 3 is 2.44 bits per heavy atom. The first kappa shape index (κ1) is 21.4. The van der Waals surface area contributed by atoms with Gasteiger partial charge < -0.3 is 20.1 Å². The molecule has 27 heavy (non-hydrogen) atoms. The molecule has 0 saturated carbocycles. The van der Waals surface area contributed by atoms with Gasteiger partial charge in [0.25, 0.3) is 0 Å². The number of rotatable bonds is 6. The number of aliphatic hydroxyl groups excluding tert-OH is 1. The van der Waals surface area contributed by atoms with E-state index in [1.54, 1.807) is 0 Å². The Bertz CT molecular complexity index is 743. The van der Waals surface area contributed by atoms with Gasteiger partial charge in [-0.3, -0.25) is 9.59 Å². The van der Waals surface area contributed by atoms with Gasteiger partial charge in [-0.25, -0.2) is 0 Å². The Morgan fingerprint density at radius 1 is 1.37 bits per heavy atom. The highest BCUT2D eigenvalue weighted by Gasteiger charge is 2.58. The van der Waals surface area contributed by atoms with Crippen LogP contribution in [0.25, 0.3) is 0 Å². The van der Waals surface area contributed by atoms with Crippen molar-refractivity contribution in [2.45, 2.75) is 78.1 Å². The summed E-state index contributed by atoms with van der Waals surface area (Å²) in [6.07, 6.45) is 1.10. The maximum Gasteiger partial charge on any atom is 0.209 e. The minimum Gasteiger partial charge on any atom is -0.507 e. The molecule has 0 aromatic carbocycles. The molecule has 3 N–H and O–H groups in total. The summed E-state index contributed by atoms with van der Waals surface area (Å²) < 4.78 is 5.75. The number of hydrogen-bond donors (Lipinski definition) is 3. The molecule has 6 heteroatoms. The first-order chi connectivity index (χ1) is 12.3. The number of hydrogen-bond acceptors (Lipinski definition) is 6. The van der Waals surface area contributed by atoms with Crippen LogP contribution in [-0.2, 0) is 14.3 Å². The van der Waals surface area contributed by atoms with E-state index in [4.69, 9.17) is 4.74 Å². The van der Waals surface area contributed by atoms with Crippen molar-refractivity contribution in [1.29, 1.82) is 0 Å². The number of carbonyl (C=O) groups is 2. The quantitative estimate of drug-likeness (QED) is 0.485. The van der Waals surface area contributed by atoms with Crippen molar-refractivity contribution in [3.8, 4) is 0 Å². The van der Waals surface area contributed by atoms with Crippen LogP contribution in [0.1, 0.15) is 60.8 Å². The molecule has 0 radical (unpaired) electrons. The number of Topliss-reactive ketones (excluding diaryl/α,β-unsaturated/α-hetero) is 2. The van der Waals surface area contributed by atoms with Crippen molar-refractivity contribution in [2.75, 3.05) is 0 Å². The lowest BCUT2D eigenvalue weighted by Crippen LogP contribution is -2.45. The third-order valence-corrected chi connectivity index (χ3v) is 4.89. The molecule has 0 aromatic rings. The maximum atomic E-state index is 13.0. The number of allylic oxidation sites excluding steroid dienone is 3. The largest absolute Gasteiger partial charge is 0.507 e. The predicted molar refractivity (Wildman–Crippen MR) is 101 cm³/mol. The lowest BCUT2D eigenvalue weighted by Gasteiger charge is -2.29. The van der Waals surface area contributed by atoms with Crippen LogP contribution in [0.5, 0.6) is 0 Å². The van der Waals surface area contributed by atoms with Gasteiger partial charge in [0, 0.05) is 18.4 Å². The summed E-state index contributed by atoms with van der Waals surface area (Å²) in [5.74, 6) is -1.85. The van der Waals surface area contributed by atoms with E-state index in [2.05, 4.69) is 0 Å². The smallest absolute Gasteiger partial charge is 0.209 e. The summed E-state index contributed by atoms with van der Waals surface area (Å²) in [6, 6.07) is 0. The van der Waals surface area contributed by atoms with Crippen molar-refractivity contribution in [3.63, 3.8) is 0 Å². The Hall–Kier alpha value is -1.92. The zero-order chi connectivity index (χ0) is 20.7. The van der Waals surface area contributed by atoms with Gasteiger partial charge in [0.1, 0.15) is 23.2 Å². The number of aliphatic hydroxyl groups is 3. The van der Waals surface area contributed by atoms with Crippen LogP contribution >= 0.6 is 0 Å². The summed E-state index contributed by atoms with van der Waals surface area (Å²) in [6.45, 7) is 10.5. The lowest BCUT2D eigenvalue weighted by atomic mass is 9.76. The molecule has 1 heterocycles. The van der Waals surface area contributed by atoms with E-state index in [1.807, 2.05) is 33.8 Å². The summed E-state index contributed by atoms with van der Waals surface area (Å²) >= 11 is 0. The van der Waals surface area contributed by atoms with Crippen LogP contribution in [0.3, 0.4) is 0 Å².